The number of halogens is 2. The van der Waals surface area contributed by atoms with E-state index in [-0.39, 0.29) is 11.5 Å². The van der Waals surface area contributed by atoms with Gasteiger partial charge in [-0.05, 0) is 24.0 Å². The van der Waals surface area contributed by atoms with Gasteiger partial charge in [0, 0.05) is 6.04 Å². The van der Waals surface area contributed by atoms with Gasteiger partial charge in [-0.1, -0.05) is 13.8 Å². The molecule has 1 atom stereocenters. The van der Waals surface area contributed by atoms with Gasteiger partial charge in [0.1, 0.15) is 0 Å². The maximum absolute atomic E-state index is 13.6. The zero-order valence-corrected chi connectivity index (χ0v) is 11.7. The molecule has 0 saturated heterocycles. The fourth-order valence-electron chi connectivity index (χ4n) is 1.84. The number of rotatable bonds is 3. The van der Waals surface area contributed by atoms with E-state index in [1.807, 2.05) is 13.8 Å². The number of benzene rings is 1. The third-order valence-corrected chi connectivity index (χ3v) is 4.29. The molecule has 1 aliphatic carbocycles. The average molecular weight is 304 g/mol. The molecule has 0 radical (unpaired) electrons. The fourth-order valence-corrected chi connectivity index (χ4v) is 2.39. The van der Waals surface area contributed by atoms with Crippen LogP contribution in [0, 0.1) is 17.0 Å². The summed E-state index contributed by atoms with van der Waals surface area (Å²) >= 11 is 0. The number of primary sulfonamides is 1. The molecular formula is C12H14F2N2O3S. The van der Waals surface area contributed by atoms with Crippen LogP contribution in [0.1, 0.15) is 30.6 Å². The van der Waals surface area contributed by atoms with E-state index in [0.717, 1.165) is 12.5 Å². The Kier molecular flexibility index (Phi) is 3.34. The molecule has 1 unspecified atom stereocenters. The first-order chi connectivity index (χ1) is 9.02. The number of hydrogen-bond donors (Lipinski definition) is 2. The van der Waals surface area contributed by atoms with Crippen LogP contribution in [0.5, 0.6) is 0 Å². The van der Waals surface area contributed by atoms with E-state index in [0.29, 0.717) is 6.07 Å². The average Bonchev–Trinajstić information content (AvgIpc) is 2.87. The molecule has 0 bridgehead atoms. The Morgan fingerprint density at radius 1 is 1.40 bits per heavy atom. The highest BCUT2D eigenvalue weighted by molar-refractivity contribution is 7.89. The lowest BCUT2D eigenvalue weighted by atomic mass is 10.1. The largest absolute Gasteiger partial charge is 0.349 e. The second-order valence-electron chi connectivity index (χ2n) is 5.53. The Hall–Kier alpha value is -1.54. The molecule has 110 valence electrons. The number of nitrogens with two attached hydrogens (primary N) is 1. The molecule has 0 heterocycles. The molecule has 5 nitrogen and oxygen atoms in total. The van der Waals surface area contributed by atoms with Gasteiger partial charge in [0.05, 0.1) is 10.5 Å². The molecule has 0 spiro atoms. The van der Waals surface area contributed by atoms with E-state index in [1.54, 1.807) is 0 Å². The smallest absolute Gasteiger partial charge is 0.254 e. The van der Waals surface area contributed by atoms with Gasteiger partial charge in [-0.25, -0.2) is 22.3 Å². The zero-order valence-electron chi connectivity index (χ0n) is 10.9. The second kappa shape index (κ2) is 4.49. The lowest BCUT2D eigenvalue weighted by Crippen LogP contribution is -2.29. The van der Waals surface area contributed by atoms with Crippen LogP contribution in [0.3, 0.4) is 0 Å². The SMILES string of the molecule is CC1(C)CC1NC(=O)c1cc(S(N)(=O)=O)cc(F)c1F. The number of carbonyl (C=O) groups excluding carboxylic acids is 1. The summed E-state index contributed by atoms with van der Waals surface area (Å²) in [5.41, 5.74) is -0.765. The van der Waals surface area contributed by atoms with Gasteiger partial charge in [0.2, 0.25) is 10.0 Å². The van der Waals surface area contributed by atoms with Gasteiger partial charge in [0.25, 0.3) is 5.91 Å². The summed E-state index contributed by atoms with van der Waals surface area (Å²) in [5.74, 6) is -3.69. The predicted octanol–water partition coefficient (Wildman–Crippen LogP) is 1.14. The molecule has 1 aromatic rings. The number of nitrogens with one attached hydrogen (secondary N) is 1. The van der Waals surface area contributed by atoms with Crippen molar-refractivity contribution >= 4 is 15.9 Å². The third-order valence-electron chi connectivity index (χ3n) is 3.39. The van der Waals surface area contributed by atoms with Gasteiger partial charge >= 0.3 is 0 Å². The first-order valence-electron chi connectivity index (χ1n) is 5.85. The Bertz CT molecular complexity index is 686. The second-order valence-corrected chi connectivity index (χ2v) is 7.09. The van der Waals surface area contributed by atoms with E-state index in [4.69, 9.17) is 5.14 Å². The minimum atomic E-state index is -4.22. The van der Waals surface area contributed by atoms with Crippen molar-refractivity contribution in [3.05, 3.63) is 29.3 Å². The molecule has 1 amide bonds. The van der Waals surface area contributed by atoms with Crippen LogP contribution < -0.4 is 10.5 Å². The minimum absolute atomic E-state index is 0.0950. The normalized spacial score (nSPS) is 20.6. The van der Waals surface area contributed by atoms with Crippen LogP contribution >= 0.6 is 0 Å². The first-order valence-corrected chi connectivity index (χ1v) is 7.40. The Morgan fingerprint density at radius 3 is 2.40 bits per heavy atom. The van der Waals surface area contributed by atoms with Gasteiger partial charge in [-0.3, -0.25) is 4.79 Å². The van der Waals surface area contributed by atoms with Crippen molar-refractivity contribution in [1.29, 1.82) is 0 Å². The highest BCUT2D eigenvalue weighted by Gasteiger charge is 2.46. The minimum Gasteiger partial charge on any atom is -0.349 e. The number of hydrogen-bond acceptors (Lipinski definition) is 3. The molecule has 0 aromatic heterocycles. The van der Waals surface area contributed by atoms with Gasteiger partial charge in [0.15, 0.2) is 11.6 Å². The van der Waals surface area contributed by atoms with Crippen molar-refractivity contribution in [2.45, 2.75) is 31.2 Å². The summed E-state index contributed by atoms with van der Waals surface area (Å²) in [5, 5.41) is 7.38. The predicted molar refractivity (Wildman–Crippen MR) is 67.4 cm³/mol. The van der Waals surface area contributed by atoms with Crippen molar-refractivity contribution in [3.63, 3.8) is 0 Å². The van der Waals surface area contributed by atoms with Crippen molar-refractivity contribution in [2.75, 3.05) is 0 Å². The topological polar surface area (TPSA) is 89.3 Å². The molecule has 1 saturated carbocycles. The molecule has 2 rings (SSSR count). The summed E-state index contributed by atoms with van der Waals surface area (Å²) in [4.78, 5) is 11.2. The lowest BCUT2D eigenvalue weighted by molar-refractivity contribution is 0.0941. The van der Waals surface area contributed by atoms with E-state index in [1.165, 1.54) is 0 Å². The van der Waals surface area contributed by atoms with Crippen LogP contribution in [0.15, 0.2) is 17.0 Å². The van der Waals surface area contributed by atoms with Crippen molar-refractivity contribution in [2.24, 2.45) is 10.6 Å². The summed E-state index contributed by atoms with van der Waals surface area (Å²) < 4.78 is 49.3. The zero-order chi connectivity index (χ0) is 15.3. The molecule has 3 N–H and O–H groups in total. The molecule has 1 aromatic carbocycles. The molecule has 1 aliphatic rings. The summed E-state index contributed by atoms with van der Waals surface area (Å²) in [6.07, 6.45) is 0.720. The maximum atomic E-state index is 13.6. The standard InChI is InChI=1S/C12H14F2N2O3S/c1-12(2)5-9(12)16-11(17)7-3-6(20(15,18)19)4-8(13)10(7)14/h3-4,9H,5H2,1-2H3,(H,16,17)(H2,15,18,19). The quantitative estimate of drug-likeness (QED) is 0.877. The Labute approximate surface area is 115 Å². The molecule has 1 fully saturated rings. The van der Waals surface area contributed by atoms with Crippen LogP contribution in [-0.4, -0.2) is 20.4 Å². The summed E-state index contributed by atoms with van der Waals surface area (Å²) in [6.45, 7) is 3.82. The van der Waals surface area contributed by atoms with Crippen LogP contribution in [0.25, 0.3) is 0 Å². The number of sulfonamides is 1. The first kappa shape index (κ1) is 14.9. The maximum Gasteiger partial charge on any atom is 0.254 e. The fraction of sp³-hybridized carbons (Fsp3) is 0.417. The Morgan fingerprint density at radius 2 is 1.95 bits per heavy atom. The van der Waals surface area contributed by atoms with Gasteiger partial charge < -0.3 is 5.32 Å². The highest BCUT2D eigenvalue weighted by atomic mass is 32.2. The van der Waals surface area contributed by atoms with E-state index >= 15 is 0 Å². The van der Waals surface area contributed by atoms with Gasteiger partial charge in [-0.2, -0.15) is 0 Å². The summed E-state index contributed by atoms with van der Waals surface area (Å²) in [7, 11) is -4.22. The molecule has 20 heavy (non-hydrogen) atoms. The monoisotopic (exact) mass is 304 g/mol. The van der Waals surface area contributed by atoms with E-state index in [9.17, 15) is 22.0 Å². The van der Waals surface area contributed by atoms with E-state index < -0.39 is 38.0 Å². The molecular weight excluding hydrogens is 290 g/mol. The van der Waals surface area contributed by atoms with E-state index in [2.05, 4.69) is 5.32 Å². The Balaban J connectivity index is 2.36. The number of carbonyl (C=O) groups is 1. The van der Waals surface area contributed by atoms with Crippen LogP contribution in [0.2, 0.25) is 0 Å². The molecule has 0 aliphatic heterocycles. The van der Waals surface area contributed by atoms with Crippen LogP contribution in [-0.2, 0) is 10.0 Å². The third kappa shape index (κ3) is 2.80. The van der Waals surface area contributed by atoms with Crippen molar-refractivity contribution in [3.8, 4) is 0 Å². The van der Waals surface area contributed by atoms with Gasteiger partial charge in [-0.15, -0.1) is 0 Å². The lowest BCUT2D eigenvalue weighted by Gasteiger charge is -2.09. The van der Waals surface area contributed by atoms with Crippen molar-refractivity contribution in [1.82, 2.24) is 5.32 Å². The van der Waals surface area contributed by atoms with Crippen LogP contribution in [0.4, 0.5) is 8.78 Å². The highest BCUT2D eigenvalue weighted by Crippen LogP contribution is 2.44. The number of amides is 1. The van der Waals surface area contributed by atoms with Crippen molar-refractivity contribution < 1.29 is 22.0 Å². The molecule has 8 heteroatoms. The summed E-state index contributed by atoms with van der Waals surface area (Å²) in [6, 6.07) is 1.04.